The van der Waals surface area contributed by atoms with E-state index in [9.17, 15) is 10.1 Å². The third-order valence-electron chi connectivity index (χ3n) is 2.55. The van der Waals surface area contributed by atoms with Crippen molar-refractivity contribution in [3.05, 3.63) is 18.8 Å². The summed E-state index contributed by atoms with van der Waals surface area (Å²) < 4.78 is 5.89. The first-order chi connectivity index (χ1) is 9.44. The lowest BCUT2D eigenvalue weighted by Gasteiger charge is -2.11. The molecule has 0 aromatic heterocycles. The van der Waals surface area contributed by atoms with Crippen molar-refractivity contribution in [1.82, 2.24) is 0 Å². The molecule has 0 aliphatic rings. The van der Waals surface area contributed by atoms with Crippen molar-refractivity contribution >= 4 is 62.7 Å². The predicted molar refractivity (Wildman–Crippen MR) is 92.9 cm³/mol. The van der Waals surface area contributed by atoms with Crippen LogP contribution in [0, 0.1) is 18.5 Å². The van der Waals surface area contributed by atoms with Crippen LogP contribution in [-0.2, 0) is 0 Å². The fourth-order valence-corrected chi connectivity index (χ4v) is 3.55. The molecule has 0 fully saturated rings. The van der Waals surface area contributed by atoms with Crippen molar-refractivity contribution in [2.24, 2.45) is 4.99 Å². The molecule has 1 N–H and O–H groups in total. The minimum Gasteiger partial charge on any atom is -0.449 e. The van der Waals surface area contributed by atoms with Crippen LogP contribution in [-0.4, -0.2) is 17.0 Å². The summed E-state index contributed by atoms with van der Waals surface area (Å²) in [7, 11) is 0. The van der Waals surface area contributed by atoms with E-state index in [2.05, 4.69) is 11.1 Å². The smallest absolute Gasteiger partial charge is 0.449 e. The lowest BCUT2D eigenvalue weighted by molar-refractivity contribution is 0.144. The minimum absolute atomic E-state index is 0.225. The number of nitriles is 1. The summed E-state index contributed by atoms with van der Waals surface area (Å²) in [6, 6.07) is 3.68. The zero-order chi connectivity index (χ0) is 15.3. The summed E-state index contributed by atoms with van der Waals surface area (Å²) in [5.74, 6) is 0.225. The first-order valence-electron chi connectivity index (χ1n) is 5.83. The number of hydrogen-bond acceptors (Lipinski definition) is 4. The summed E-state index contributed by atoms with van der Waals surface area (Å²) in [5.41, 5.74) is 1.83. The number of hydrogen-bond donors (Lipinski definition) is 1. The number of ether oxygens (including phenoxy) is 1. The molecule has 0 aliphatic carbocycles. The quantitative estimate of drug-likeness (QED) is 0.282. The Kier molecular flexibility index (Phi) is 6.67. The summed E-state index contributed by atoms with van der Waals surface area (Å²) in [6.45, 7) is 3.98. The van der Waals surface area contributed by atoms with E-state index in [4.69, 9.17) is 9.84 Å². The highest BCUT2D eigenvalue weighted by atomic mass is 127. The first kappa shape index (κ1) is 17.2. The minimum atomic E-state index is -1.38. The zero-order valence-electron chi connectivity index (χ0n) is 10.9. The Hall–Kier alpha value is -0.890. The van der Waals surface area contributed by atoms with Crippen LogP contribution in [0.15, 0.2) is 11.1 Å². The molecular formula is C13H12I2N2O3. The Morgan fingerprint density at radius 1 is 1.45 bits per heavy atom. The van der Waals surface area contributed by atoms with Gasteiger partial charge in [-0.25, -0.2) is 4.79 Å². The largest absolute Gasteiger partial charge is 0.511 e. The molecule has 20 heavy (non-hydrogen) atoms. The van der Waals surface area contributed by atoms with Crippen molar-refractivity contribution in [2.45, 2.75) is 26.7 Å². The topological polar surface area (TPSA) is 82.7 Å². The van der Waals surface area contributed by atoms with Crippen LogP contribution in [0.1, 0.15) is 32.3 Å². The van der Waals surface area contributed by atoms with E-state index in [1.165, 1.54) is 0 Å². The maximum Gasteiger partial charge on any atom is 0.511 e. The van der Waals surface area contributed by atoms with E-state index in [-0.39, 0.29) is 5.75 Å². The number of halogens is 2. The molecule has 1 aromatic rings. The monoisotopic (exact) mass is 498 g/mol. The molecule has 0 amide bonds. The van der Waals surface area contributed by atoms with Crippen LogP contribution in [0.25, 0.3) is 0 Å². The molecule has 0 aliphatic heterocycles. The average Bonchev–Trinajstić information content (AvgIpc) is 2.42. The molecule has 1 aromatic carbocycles. The molecular weight excluding hydrogens is 486 g/mol. The van der Waals surface area contributed by atoms with Crippen LogP contribution >= 0.6 is 45.2 Å². The molecule has 0 spiro atoms. The van der Waals surface area contributed by atoms with Crippen LogP contribution in [0.4, 0.5) is 10.5 Å². The molecule has 0 radical (unpaired) electrons. The standard InChI is InChI=1S/C13H12I2N2O3/c1-3-8(4-2)17-11-7(6-16)5-9(14)12(10(11)15)20-13(18)19/h5H,3-4H2,1-2H3,(H,18,19). The summed E-state index contributed by atoms with van der Waals surface area (Å²) in [6.07, 6.45) is 0.170. The molecule has 5 nitrogen and oxygen atoms in total. The van der Waals surface area contributed by atoms with E-state index in [0.717, 1.165) is 18.6 Å². The fourth-order valence-electron chi connectivity index (χ4n) is 1.53. The van der Waals surface area contributed by atoms with Crippen molar-refractivity contribution in [1.29, 1.82) is 5.26 Å². The molecule has 0 unspecified atom stereocenters. The molecule has 0 heterocycles. The van der Waals surface area contributed by atoms with Crippen molar-refractivity contribution in [3.8, 4) is 11.8 Å². The fraction of sp³-hybridized carbons (Fsp3) is 0.308. The maximum absolute atomic E-state index is 10.7. The Bertz CT molecular complexity index is 601. The lowest BCUT2D eigenvalue weighted by Crippen LogP contribution is -2.06. The van der Waals surface area contributed by atoms with Gasteiger partial charge >= 0.3 is 6.16 Å². The van der Waals surface area contributed by atoms with Gasteiger partial charge < -0.3 is 9.84 Å². The number of carbonyl (C=O) groups is 1. The highest BCUT2D eigenvalue weighted by Gasteiger charge is 2.18. The third-order valence-corrected chi connectivity index (χ3v) is 4.35. The van der Waals surface area contributed by atoms with E-state index < -0.39 is 6.16 Å². The van der Waals surface area contributed by atoms with Gasteiger partial charge in [0.2, 0.25) is 0 Å². The van der Waals surface area contributed by atoms with Crippen molar-refractivity contribution in [3.63, 3.8) is 0 Å². The van der Waals surface area contributed by atoms with Crippen LogP contribution in [0.3, 0.4) is 0 Å². The summed E-state index contributed by atoms with van der Waals surface area (Å²) >= 11 is 3.91. The predicted octanol–water partition coefficient (Wildman–Crippen LogP) is 4.72. The third kappa shape index (κ3) is 4.05. The Morgan fingerprint density at radius 3 is 2.50 bits per heavy atom. The van der Waals surface area contributed by atoms with Gasteiger partial charge in [-0.05, 0) is 64.1 Å². The van der Waals surface area contributed by atoms with Crippen LogP contribution in [0.5, 0.6) is 5.75 Å². The Labute approximate surface area is 144 Å². The van der Waals surface area contributed by atoms with Crippen molar-refractivity contribution < 1.29 is 14.6 Å². The van der Waals surface area contributed by atoms with E-state index in [0.29, 0.717) is 18.4 Å². The molecule has 0 saturated carbocycles. The number of benzene rings is 1. The van der Waals surface area contributed by atoms with Gasteiger partial charge in [-0.2, -0.15) is 5.26 Å². The zero-order valence-corrected chi connectivity index (χ0v) is 15.2. The second-order valence-corrected chi connectivity index (χ2v) is 6.00. The van der Waals surface area contributed by atoms with Gasteiger partial charge in [-0.1, -0.05) is 13.8 Å². The SMILES string of the molecule is CCC(CC)=Nc1c(C#N)cc(I)c(OC(=O)O)c1I. The van der Waals surface area contributed by atoms with Gasteiger partial charge in [0.1, 0.15) is 6.07 Å². The molecule has 0 bridgehead atoms. The van der Waals surface area contributed by atoms with E-state index >= 15 is 0 Å². The maximum atomic E-state index is 10.7. The number of carboxylic acid groups (broad SMARTS) is 1. The van der Waals surface area contributed by atoms with Gasteiger partial charge in [0.25, 0.3) is 0 Å². The molecule has 0 atom stereocenters. The van der Waals surface area contributed by atoms with Gasteiger partial charge in [0.15, 0.2) is 5.75 Å². The molecule has 7 heteroatoms. The van der Waals surface area contributed by atoms with Crippen molar-refractivity contribution in [2.75, 3.05) is 0 Å². The first-order valence-corrected chi connectivity index (χ1v) is 7.99. The number of nitrogens with zero attached hydrogens (tertiary/aromatic N) is 2. The van der Waals surface area contributed by atoms with E-state index in [1.54, 1.807) is 6.07 Å². The van der Waals surface area contributed by atoms with Gasteiger partial charge in [-0.15, -0.1) is 0 Å². The van der Waals surface area contributed by atoms with Gasteiger partial charge in [-0.3, -0.25) is 4.99 Å². The Balaban J connectivity index is 3.53. The van der Waals surface area contributed by atoms with E-state index in [1.807, 2.05) is 59.0 Å². The highest BCUT2D eigenvalue weighted by molar-refractivity contribution is 14.1. The summed E-state index contributed by atoms with van der Waals surface area (Å²) in [4.78, 5) is 15.2. The Morgan fingerprint density at radius 2 is 2.05 bits per heavy atom. The van der Waals surface area contributed by atoms with Crippen LogP contribution in [0.2, 0.25) is 0 Å². The van der Waals surface area contributed by atoms with Gasteiger partial charge in [0.05, 0.1) is 18.4 Å². The van der Waals surface area contributed by atoms with Gasteiger partial charge in [0, 0.05) is 5.71 Å². The molecule has 0 saturated heterocycles. The molecule has 106 valence electrons. The summed E-state index contributed by atoms with van der Waals surface area (Å²) in [5, 5.41) is 18.0. The number of rotatable bonds is 4. The van der Waals surface area contributed by atoms with Crippen LogP contribution < -0.4 is 4.74 Å². The second kappa shape index (κ2) is 7.78. The normalized spacial score (nSPS) is 9.75. The second-order valence-electron chi connectivity index (χ2n) is 3.76. The number of aliphatic imine (C=N–C) groups is 1. The molecule has 1 rings (SSSR count). The average molecular weight is 498 g/mol. The highest BCUT2D eigenvalue weighted by Crippen LogP contribution is 2.38. The lowest BCUT2D eigenvalue weighted by atomic mass is 10.1.